The highest BCUT2D eigenvalue weighted by molar-refractivity contribution is 5.90. The summed E-state index contributed by atoms with van der Waals surface area (Å²) in [4.78, 5) is 22.5. The number of nitrogens with one attached hydrogen (secondary N) is 1. The van der Waals surface area contributed by atoms with Crippen LogP contribution in [0.5, 0.6) is 5.75 Å². The summed E-state index contributed by atoms with van der Waals surface area (Å²) in [7, 11) is 0. The average molecular weight is 327 g/mol. The van der Waals surface area contributed by atoms with Gasteiger partial charge in [-0.1, -0.05) is 37.3 Å². The van der Waals surface area contributed by atoms with Crippen molar-refractivity contribution in [2.75, 3.05) is 11.9 Å². The lowest BCUT2D eigenvalue weighted by molar-refractivity contribution is -0.139. The minimum absolute atomic E-state index is 0.0445. The Morgan fingerprint density at radius 1 is 1.08 bits per heavy atom. The van der Waals surface area contributed by atoms with Crippen LogP contribution in [0.4, 0.5) is 5.69 Å². The Kier molecular flexibility index (Phi) is 6.37. The predicted molar refractivity (Wildman–Crippen MR) is 92.3 cm³/mol. The number of benzene rings is 2. The first-order valence-corrected chi connectivity index (χ1v) is 7.84. The zero-order valence-electron chi connectivity index (χ0n) is 13.6. The molecule has 5 heteroatoms. The number of rotatable bonds is 8. The van der Waals surface area contributed by atoms with E-state index in [9.17, 15) is 9.59 Å². The molecule has 0 aromatic heterocycles. The third-order valence-electron chi connectivity index (χ3n) is 3.67. The molecule has 0 spiro atoms. The first-order chi connectivity index (χ1) is 11.5. The molecule has 2 aromatic carbocycles. The van der Waals surface area contributed by atoms with Crippen LogP contribution in [0.1, 0.15) is 31.2 Å². The number of aliphatic carboxylic acids is 1. The van der Waals surface area contributed by atoms with E-state index in [4.69, 9.17) is 9.84 Å². The highest BCUT2D eigenvalue weighted by Gasteiger charge is 2.09. The number of carboxylic acids is 1. The van der Waals surface area contributed by atoms with Gasteiger partial charge < -0.3 is 15.2 Å². The second kappa shape index (κ2) is 8.72. The molecule has 0 bridgehead atoms. The smallest absolute Gasteiger partial charge is 0.341 e. The molecule has 0 saturated heterocycles. The lowest BCUT2D eigenvalue weighted by Gasteiger charge is -2.12. The van der Waals surface area contributed by atoms with Gasteiger partial charge in [-0.2, -0.15) is 0 Å². The van der Waals surface area contributed by atoms with Crippen LogP contribution < -0.4 is 10.1 Å². The van der Waals surface area contributed by atoms with Gasteiger partial charge in [0.2, 0.25) is 5.91 Å². The molecule has 1 amide bonds. The van der Waals surface area contributed by atoms with Crippen LogP contribution in [0.3, 0.4) is 0 Å². The zero-order valence-corrected chi connectivity index (χ0v) is 13.6. The number of carbonyl (C=O) groups excluding carboxylic acids is 1. The fourth-order valence-corrected chi connectivity index (χ4v) is 2.30. The first kappa shape index (κ1) is 17.5. The molecule has 2 rings (SSSR count). The molecule has 24 heavy (non-hydrogen) atoms. The summed E-state index contributed by atoms with van der Waals surface area (Å²) < 4.78 is 5.04. The van der Waals surface area contributed by atoms with Crippen LogP contribution in [-0.2, 0) is 9.59 Å². The lowest BCUT2D eigenvalue weighted by Crippen LogP contribution is -2.12. The van der Waals surface area contributed by atoms with E-state index in [1.165, 1.54) is 5.56 Å². The van der Waals surface area contributed by atoms with Crippen molar-refractivity contribution < 1.29 is 19.4 Å². The SMILES string of the molecule is CC(CCC(=O)Nc1ccc(OCC(=O)O)cc1)c1ccccc1. The molecule has 2 aromatic rings. The van der Waals surface area contributed by atoms with Gasteiger partial charge in [0.05, 0.1) is 0 Å². The maximum Gasteiger partial charge on any atom is 0.341 e. The molecule has 0 radical (unpaired) electrons. The van der Waals surface area contributed by atoms with Gasteiger partial charge in [0, 0.05) is 12.1 Å². The van der Waals surface area contributed by atoms with E-state index in [1.54, 1.807) is 24.3 Å². The van der Waals surface area contributed by atoms with Gasteiger partial charge in [0.1, 0.15) is 5.75 Å². The normalized spacial score (nSPS) is 11.5. The van der Waals surface area contributed by atoms with Crippen LogP contribution in [0.25, 0.3) is 0 Å². The maximum atomic E-state index is 12.0. The molecule has 0 saturated carbocycles. The molecule has 0 aliphatic heterocycles. The second-order valence-corrected chi connectivity index (χ2v) is 5.61. The Labute approximate surface area is 141 Å². The van der Waals surface area contributed by atoms with Crippen LogP contribution in [-0.4, -0.2) is 23.6 Å². The van der Waals surface area contributed by atoms with Crippen molar-refractivity contribution in [3.63, 3.8) is 0 Å². The molecular weight excluding hydrogens is 306 g/mol. The summed E-state index contributed by atoms with van der Waals surface area (Å²) in [6, 6.07) is 16.8. The Bertz CT molecular complexity index is 668. The molecule has 126 valence electrons. The van der Waals surface area contributed by atoms with Crippen molar-refractivity contribution in [2.24, 2.45) is 0 Å². The van der Waals surface area contributed by atoms with E-state index in [0.29, 0.717) is 23.8 Å². The predicted octanol–water partition coefficient (Wildman–Crippen LogP) is 3.67. The van der Waals surface area contributed by atoms with Crippen molar-refractivity contribution in [3.8, 4) is 5.75 Å². The Morgan fingerprint density at radius 2 is 1.75 bits per heavy atom. The van der Waals surface area contributed by atoms with Gasteiger partial charge in [0.15, 0.2) is 6.61 Å². The van der Waals surface area contributed by atoms with Crippen molar-refractivity contribution in [1.82, 2.24) is 0 Å². The molecule has 1 atom stereocenters. The topological polar surface area (TPSA) is 75.6 Å². The van der Waals surface area contributed by atoms with Crippen LogP contribution in [0, 0.1) is 0 Å². The highest BCUT2D eigenvalue weighted by atomic mass is 16.5. The van der Waals surface area contributed by atoms with E-state index < -0.39 is 5.97 Å². The fourth-order valence-electron chi connectivity index (χ4n) is 2.30. The van der Waals surface area contributed by atoms with Gasteiger partial charge in [-0.3, -0.25) is 4.79 Å². The number of carbonyl (C=O) groups is 2. The van der Waals surface area contributed by atoms with E-state index in [2.05, 4.69) is 24.4 Å². The zero-order chi connectivity index (χ0) is 17.4. The number of ether oxygens (including phenoxy) is 1. The Morgan fingerprint density at radius 3 is 2.38 bits per heavy atom. The minimum Gasteiger partial charge on any atom is -0.482 e. The van der Waals surface area contributed by atoms with E-state index in [1.807, 2.05) is 18.2 Å². The van der Waals surface area contributed by atoms with Gasteiger partial charge >= 0.3 is 5.97 Å². The molecule has 0 heterocycles. The van der Waals surface area contributed by atoms with Crippen LogP contribution >= 0.6 is 0 Å². The minimum atomic E-state index is -1.03. The number of hydrogen-bond acceptors (Lipinski definition) is 3. The summed E-state index contributed by atoms with van der Waals surface area (Å²) >= 11 is 0. The van der Waals surface area contributed by atoms with Gasteiger partial charge in [-0.05, 0) is 42.2 Å². The van der Waals surface area contributed by atoms with Crippen LogP contribution in [0.2, 0.25) is 0 Å². The molecule has 0 fully saturated rings. The highest BCUT2D eigenvalue weighted by Crippen LogP contribution is 2.21. The average Bonchev–Trinajstić information content (AvgIpc) is 2.60. The molecule has 2 N–H and O–H groups in total. The molecule has 0 aliphatic carbocycles. The first-order valence-electron chi connectivity index (χ1n) is 7.84. The number of hydrogen-bond donors (Lipinski definition) is 2. The van der Waals surface area contributed by atoms with E-state index in [0.717, 1.165) is 6.42 Å². The maximum absolute atomic E-state index is 12.0. The van der Waals surface area contributed by atoms with Crippen LogP contribution in [0.15, 0.2) is 54.6 Å². The van der Waals surface area contributed by atoms with E-state index >= 15 is 0 Å². The molecular formula is C19H21NO4. The lowest BCUT2D eigenvalue weighted by atomic mass is 9.96. The van der Waals surface area contributed by atoms with Crippen molar-refractivity contribution in [3.05, 3.63) is 60.2 Å². The monoisotopic (exact) mass is 327 g/mol. The second-order valence-electron chi connectivity index (χ2n) is 5.61. The van der Waals surface area contributed by atoms with Crippen molar-refractivity contribution in [2.45, 2.75) is 25.7 Å². The fraction of sp³-hybridized carbons (Fsp3) is 0.263. The third kappa shape index (κ3) is 5.76. The van der Waals surface area contributed by atoms with Gasteiger partial charge in [-0.25, -0.2) is 4.79 Å². The third-order valence-corrected chi connectivity index (χ3v) is 3.67. The molecule has 0 aliphatic rings. The summed E-state index contributed by atoms with van der Waals surface area (Å²) in [6.07, 6.45) is 1.21. The standard InChI is InChI=1S/C19H21NO4/c1-14(15-5-3-2-4-6-15)7-12-18(21)20-16-8-10-17(11-9-16)24-13-19(22)23/h2-6,8-11,14H,7,12-13H2,1H3,(H,20,21)(H,22,23). The molecule has 1 unspecified atom stereocenters. The van der Waals surface area contributed by atoms with Crippen molar-refractivity contribution in [1.29, 1.82) is 0 Å². The van der Waals surface area contributed by atoms with Crippen molar-refractivity contribution >= 4 is 17.6 Å². The Balaban J connectivity index is 1.78. The number of amides is 1. The largest absolute Gasteiger partial charge is 0.482 e. The summed E-state index contributed by atoms with van der Waals surface area (Å²) in [5, 5.41) is 11.4. The number of anilines is 1. The van der Waals surface area contributed by atoms with Gasteiger partial charge in [0.25, 0.3) is 0 Å². The van der Waals surface area contributed by atoms with E-state index in [-0.39, 0.29) is 12.5 Å². The summed E-state index contributed by atoms with van der Waals surface area (Å²) in [6.45, 7) is 1.72. The molecule has 5 nitrogen and oxygen atoms in total. The quantitative estimate of drug-likeness (QED) is 0.775. The number of carboxylic acid groups (broad SMARTS) is 1. The van der Waals surface area contributed by atoms with Gasteiger partial charge in [-0.15, -0.1) is 0 Å². The summed E-state index contributed by atoms with van der Waals surface area (Å²) in [5.74, 6) is -0.297. The Hall–Kier alpha value is -2.82. The summed E-state index contributed by atoms with van der Waals surface area (Å²) in [5.41, 5.74) is 1.89.